The quantitative estimate of drug-likeness (QED) is 0.143. The van der Waals surface area contributed by atoms with Gasteiger partial charge < -0.3 is 28.0 Å². The van der Waals surface area contributed by atoms with Crippen LogP contribution in [0.1, 0.15) is 0 Å². The lowest BCUT2D eigenvalue weighted by Gasteiger charge is -2.16. The maximum absolute atomic E-state index is 13.7. The first kappa shape index (κ1) is 28.8. The Balaban J connectivity index is 1.45. The van der Waals surface area contributed by atoms with Gasteiger partial charge in [-0.05, 0) is 47.2 Å². The highest BCUT2D eigenvalue weighted by Gasteiger charge is 2.19. The third kappa shape index (κ3) is 5.70. The molecule has 0 aliphatic heterocycles. The van der Waals surface area contributed by atoms with Gasteiger partial charge in [-0.25, -0.2) is 14.5 Å². The Hall–Kier alpha value is -5.27. The predicted molar refractivity (Wildman–Crippen MR) is 171 cm³/mol. The van der Waals surface area contributed by atoms with Crippen molar-refractivity contribution < 1.29 is 32.6 Å². The van der Waals surface area contributed by atoms with E-state index in [4.69, 9.17) is 38.0 Å². The summed E-state index contributed by atoms with van der Waals surface area (Å²) < 4.78 is 47.7. The summed E-state index contributed by atoms with van der Waals surface area (Å²) in [4.78, 5) is 9.46. The zero-order valence-corrected chi connectivity index (χ0v) is 25.5. The molecule has 4 aromatic carbocycles. The molecule has 6 aromatic rings. The molecule has 222 valence electrons. The van der Waals surface area contributed by atoms with E-state index in [1.54, 1.807) is 40.6 Å². The molecule has 0 aliphatic carbocycles. The fraction of sp³-hybridized carbons (Fsp3) is 0.118. The van der Waals surface area contributed by atoms with Crippen LogP contribution in [0.4, 0.5) is 0 Å². The molecule has 0 atom stereocenters. The van der Waals surface area contributed by atoms with E-state index < -0.39 is 8.25 Å². The van der Waals surface area contributed by atoms with Crippen molar-refractivity contribution >= 4 is 29.8 Å². The zero-order chi connectivity index (χ0) is 30.6. The fourth-order valence-corrected chi connectivity index (χ4v) is 5.61. The van der Waals surface area contributed by atoms with E-state index in [0.29, 0.717) is 45.2 Å². The Morgan fingerprint density at radius 2 is 0.864 bits per heavy atom. The van der Waals surface area contributed by atoms with Gasteiger partial charge in [0.1, 0.15) is 0 Å². The molecule has 10 heteroatoms. The molecular formula is C34H29N2O7P. The highest BCUT2D eigenvalue weighted by atomic mass is 31.1. The second-order valence-corrected chi connectivity index (χ2v) is 10.6. The zero-order valence-electron chi connectivity index (χ0n) is 24.5. The van der Waals surface area contributed by atoms with Crippen LogP contribution >= 0.6 is 8.25 Å². The number of pyridine rings is 2. The smallest absolute Gasteiger partial charge is 0.421 e. The number of hydrogen-bond donors (Lipinski definition) is 0. The Morgan fingerprint density at radius 3 is 1.23 bits per heavy atom. The van der Waals surface area contributed by atoms with Gasteiger partial charge >= 0.3 is 8.25 Å². The SMILES string of the molecule is COc1cc2cc(-c3ccccc3)nc(O[PH](=O)Oc3nc(-c4ccccc4)cc4cc(OC)c(OC)cc34)c2cc1OC. The van der Waals surface area contributed by atoms with Crippen molar-refractivity contribution in [1.29, 1.82) is 0 Å². The van der Waals surface area contributed by atoms with E-state index in [9.17, 15) is 4.57 Å². The minimum absolute atomic E-state index is 0.119. The first-order chi connectivity index (χ1) is 21.5. The van der Waals surface area contributed by atoms with Gasteiger partial charge in [-0.2, -0.15) is 0 Å². The van der Waals surface area contributed by atoms with Crippen LogP contribution in [0.3, 0.4) is 0 Å². The van der Waals surface area contributed by atoms with Crippen LogP contribution < -0.4 is 28.0 Å². The molecule has 0 fully saturated rings. The summed E-state index contributed by atoms with van der Waals surface area (Å²) in [5.74, 6) is 2.27. The number of nitrogens with zero attached hydrogens (tertiary/aromatic N) is 2. The Bertz CT molecular complexity index is 1840. The van der Waals surface area contributed by atoms with Gasteiger partial charge in [-0.3, -0.25) is 0 Å². The molecule has 0 amide bonds. The molecule has 2 aromatic heterocycles. The summed E-state index contributed by atoms with van der Waals surface area (Å²) in [7, 11) is 2.96. The van der Waals surface area contributed by atoms with Crippen LogP contribution in [0.2, 0.25) is 0 Å². The minimum atomic E-state index is -3.26. The molecule has 44 heavy (non-hydrogen) atoms. The van der Waals surface area contributed by atoms with Crippen LogP contribution in [0.5, 0.6) is 34.8 Å². The number of methoxy groups -OCH3 is 4. The Kier molecular flexibility index (Phi) is 8.21. The van der Waals surface area contributed by atoms with Crippen molar-refractivity contribution in [1.82, 2.24) is 9.97 Å². The van der Waals surface area contributed by atoms with Crippen LogP contribution in [0.15, 0.2) is 97.1 Å². The van der Waals surface area contributed by atoms with Gasteiger partial charge in [-0.15, -0.1) is 0 Å². The third-order valence-electron chi connectivity index (χ3n) is 7.10. The topological polar surface area (TPSA) is 98.2 Å². The van der Waals surface area contributed by atoms with Crippen molar-refractivity contribution in [3.8, 4) is 57.3 Å². The maximum atomic E-state index is 13.7. The summed E-state index contributed by atoms with van der Waals surface area (Å²) in [5.41, 5.74) is 2.97. The van der Waals surface area contributed by atoms with E-state index in [1.165, 1.54) is 0 Å². The number of benzene rings is 4. The largest absolute Gasteiger partial charge is 0.493 e. The predicted octanol–water partition coefficient (Wildman–Crippen LogP) is 8.00. The maximum Gasteiger partial charge on any atom is 0.421 e. The van der Waals surface area contributed by atoms with Gasteiger partial charge in [0.25, 0.3) is 0 Å². The van der Waals surface area contributed by atoms with E-state index in [-0.39, 0.29) is 11.8 Å². The molecular weight excluding hydrogens is 579 g/mol. The first-order valence-corrected chi connectivity index (χ1v) is 14.9. The Labute approximate surface area is 254 Å². The molecule has 9 nitrogen and oxygen atoms in total. The van der Waals surface area contributed by atoms with Gasteiger partial charge in [0, 0.05) is 21.9 Å². The van der Waals surface area contributed by atoms with E-state index in [1.807, 2.05) is 84.9 Å². The van der Waals surface area contributed by atoms with Crippen molar-refractivity contribution in [3.63, 3.8) is 0 Å². The summed E-state index contributed by atoms with van der Waals surface area (Å²) in [6.07, 6.45) is 0. The number of fused-ring (bicyclic) bond motifs is 2. The van der Waals surface area contributed by atoms with Crippen LogP contribution in [-0.4, -0.2) is 38.4 Å². The average Bonchev–Trinajstić information content (AvgIpc) is 3.07. The van der Waals surface area contributed by atoms with Gasteiger partial charge in [-0.1, -0.05) is 60.7 Å². The summed E-state index contributed by atoms with van der Waals surface area (Å²) >= 11 is 0. The molecule has 0 N–H and O–H groups in total. The standard InChI is InChI=1S/C34H29N2O7P/c1-38-29-17-23-15-27(21-11-7-5-8-12-21)35-33(25(23)19-31(29)40-3)42-44(37)43-34-26-20-32(41-4)30(39-2)18-24(26)16-28(36-34)22-13-9-6-10-14-22/h5-20,44H,1-4H3. The molecule has 0 bridgehead atoms. The minimum Gasteiger partial charge on any atom is -0.493 e. The fourth-order valence-electron chi connectivity index (χ4n) is 4.94. The van der Waals surface area contributed by atoms with Crippen molar-refractivity contribution in [2.75, 3.05) is 28.4 Å². The van der Waals surface area contributed by atoms with Gasteiger partial charge in [0.15, 0.2) is 23.0 Å². The molecule has 0 spiro atoms. The molecule has 0 saturated heterocycles. The summed E-state index contributed by atoms with van der Waals surface area (Å²) in [6, 6.07) is 30.2. The molecule has 6 rings (SSSR count). The molecule has 0 aliphatic rings. The van der Waals surface area contributed by atoms with Crippen LogP contribution in [0.25, 0.3) is 44.1 Å². The van der Waals surface area contributed by atoms with Gasteiger partial charge in [0.05, 0.1) is 39.8 Å². The van der Waals surface area contributed by atoms with Crippen LogP contribution in [-0.2, 0) is 4.57 Å². The van der Waals surface area contributed by atoms with Gasteiger partial charge in [0.2, 0.25) is 11.8 Å². The number of hydrogen-bond acceptors (Lipinski definition) is 9. The lowest BCUT2D eigenvalue weighted by atomic mass is 10.1. The number of aromatic nitrogens is 2. The number of ether oxygens (including phenoxy) is 4. The molecule has 0 saturated carbocycles. The normalized spacial score (nSPS) is 11.0. The molecule has 2 heterocycles. The van der Waals surface area contributed by atoms with E-state index in [2.05, 4.69) is 0 Å². The number of rotatable bonds is 10. The second kappa shape index (κ2) is 12.5. The first-order valence-electron chi connectivity index (χ1n) is 13.7. The molecule has 0 radical (unpaired) electrons. The Morgan fingerprint density at radius 1 is 0.500 bits per heavy atom. The monoisotopic (exact) mass is 608 g/mol. The lowest BCUT2D eigenvalue weighted by Crippen LogP contribution is -1.99. The lowest BCUT2D eigenvalue weighted by molar-refractivity contribution is 0.355. The van der Waals surface area contributed by atoms with Crippen molar-refractivity contribution in [2.24, 2.45) is 0 Å². The third-order valence-corrected chi connectivity index (χ3v) is 7.82. The highest BCUT2D eigenvalue weighted by molar-refractivity contribution is 7.34. The van der Waals surface area contributed by atoms with E-state index in [0.717, 1.165) is 21.9 Å². The van der Waals surface area contributed by atoms with Crippen molar-refractivity contribution in [3.05, 3.63) is 97.1 Å². The van der Waals surface area contributed by atoms with E-state index >= 15 is 0 Å². The van der Waals surface area contributed by atoms with Crippen molar-refractivity contribution in [2.45, 2.75) is 0 Å². The molecule has 0 unspecified atom stereocenters. The highest BCUT2D eigenvalue weighted by Crippen LogP contribution is 2.43. The van der Waals surface area contributed by atoms with Crippen LogP contribution in [0, 0.1) is 0 Å². The summed E-state index contributed by atoms with van der Waals surface area (Å²) in [6.45, 7) is 0. The summed E-state index contributed by atoms with van der Waals surface area (Å²) in [5, 5.41) is 2.67. The average molecular weight is 609 g/mol. The second-order valence-electron chi connectivity index (χ2n) is 9.67.